The molecule has 20 heavy (non-hydrogen) atoms. The smallest absolute Gasteiger partial charge is 0.312 e. The molecule has 0 aliphatic heterocycles. The van der Waals surface area contributed by atoms with E-state index in [1.165, 1.54) is 12.8 Å². The van der Waals surface area contributed by atoms with Gasteiger partial charge in [-0.2, -0.15) is 4.98 Å². The second-order valence-corrected chi connectivity index (χ2v) is 6.65. The molecule has 1 heterocycles. The summed E-state index contributed by atoms with van der Waals surface area (Å²) < 4.78 is 2.64. The topological polar surface area (TPSA) is 46.9 Å². The average molecular weight is 344 g/mol. The molecule has 0 fully saturated rings. The first-order valence-corrected chi connectivity index (χ1v) is 8.09. The van der Waals surface area contributed by atoms with Gasteiger partial charge >= 0.3 is 5.69 Å². The third-order valence-corrected chi connectivity index (χ3v) is 4.69. The van der Waals surface area contributed by atoms with Crippen LogP contribution in [0.4, 0.5) is 0 Å². The molecule has 1 atom stereocenters. The summed E-state index contributed by atoms with van der Waals surface area (Å²) in [7, 11) is 0. The number of nitrogens with one attached hydrogen (secondary N) is 1. The van der Waals surface area contributed by atoms with Gasteiger partial charge in [0.05, 0.1) is 10.2 Å². The van der Waals surface area contributed by atoms with E-state index in [2.05, 4.69) is 47.0 Å². The lowest BCUT2D eigenvalue weighted by Crippen LogP contribution is -2.34. The standard InChI is InChI=1S/C15H26BrN3O/c1-10(2)6-7-11(3)17-8-9-19-13(5)14(16)12(4)18-15(19)20/h10-11,17H,6-9H2,1-5H3. The Labute approximate surface area is 130 Å². The summed E-state index contributed by atoms with van der Waals surface area (Å²) in [6.45, 7) is 11.9. The zero-order chi connectivity index (χ0) is 15.3. The first kappa shape index (κ1) is 17.4. The molecule has 0 radical (unpaired) electrons. The Morgan fingerprint density at radius 1 is 1.25 bits per heavy atom. The van der Waals surface area contributed by atoms with Crippen LogP contribution in [-0.2, 0) is 6.54 Å². The van der Waals surface area contributed by atoms with Gasteiger partial charge in [0, 0.05) is 24.8 Å². The largest absolute Gasteiger partial charge is 0.348 e. The highest BCUT2D eigenvalue weighted by Gasteiger charge is 2.09. The molecule has 1 N–H and O–H groups in total. The van der Waals surface area contributed by atoms with Crippen molar-refractivity contribution in [3.05, 3.63) is 26.3 Å². The maximum Gasteiger partial charge on any atom is 0.348 e. The molecule has 0 bridgehead atoms. The molecule has 0 aliphatic rings. The number of aromatic nitrogens is 2. The average Bonchev–Trinajstić information content (AvgIpc) is 2.37. The minimum atomic E-state index is -0.167. The number of hydrogen-bond donors (Lipinski definition) is 1. The number of aryl methyl sites for hydroxylation is 1. The Balaban J connectivity index is 2.55. The molecule has 1 aromatic heterocycles. The Morgan fingerprint density at radius 2 is 1.90 bits per heavy atom. The van der Waals surface area contributed by atoms with Crippen molar-refractivity contribution in [1.82, 2.24) is 14.9 Å². The van der Waals surface area contributed by atoms with Crippen molar-refractivity contribution >= 4 is 15.9 Å². The molecule has 0 amide bonds. The third-order valence-electron chi connectivity index (χ3n) is 3.54. The van der Waals surface area contributed by atoms with Crippen molar-refractivity contribution in [1.29, 1.82) is 0 Å². The van der Waals surface area contributed by atoms with E-state index in [1.807, 2.05) is 13.8 Å². The van der Waals surface area contributed by atoms with Crippen molar-refractivity contribution in [2.45, 2.75) is 60.0 Å². The first-order chi connectivity index (χ1) is 9.32. The molecule has 0 saturated carbocycles. The van der Waals surface area contributed by atoms with E-state index >= 15 is 0 Å². The lowest BCUT2D eigenvalue weighted by molar-refractivity contribution is 0.436. The van der Waals surface area contributed by atoms with Gasteiger partial charge in [-0.25, -0.2) is 4.79 Å². The van der Waals surface area contributed by atoms with Crippen LogP contribution in [0.3, 0.4) is 0 Å². The van der Waals surface area contributed by atoms with E-state index < -0.39 is 0 Å². The van der Waals surface area contributed by atoms with Gasteiger partial charge in [0.15, 0.2) is 0 Å². The molecule has 0 spiro atoms. The van der Waals surface area contributed by atoms with Crippen LogP contribution in [0.15, 0.2) is 9.27 Å². The summed E-state index contributed by atoms with van der Waals surface area (Å²) in [4.78, 5) is 15.9. The summed E-state index contributed by atoms with van der Waals surface area (Å²) in [6.07, 6.45) is 2.40. The van der Waals surface area contributed by atoms with Crippen LogP contribution in [0.5, 0.6) is 0 Å². The van der Waals surface area contributed by atoms with Gasteiger partial charge in [-0.05, 0) is 55.5 Å². The van der Waals surface area contributed by atoms with Gasteiger partial charge < -0.3 is 5.32 Å². The Morgan fingerprint density at radius 3 is 2.50 bits per heavy atom. The van der Waals surface area contributed by atoms with E-state index in [0.29, 0.717) is 12.6 Å². The second-order valence-electron chi connectivity index (χ2n) is 5.86. The van der Waals surface area contributed by atoms with Gasteiger partial charge in [-0.1, -0.05) is 13.8 Å². The van der Waals surface area contributed by atoms with Crippen LogP contribution in [0.1, 0.15) is 45.0 Å². The highest BCUT2D eigenvalue weighted by Crippen LogP contribution is 2.16. The van der Waals surface area contributed by atoms with Crippen LogP contribution in [0.25, 0.3) is 0 Å². The number of hydrogen-bond acceptors (Lipinski definition) is 3. The van der Waals surface area contributed by atoms with E-state index in [0.717, 1.165) is 28.3 Å². The lowest BCUT2D eigenvalue weighted by atomic mass is 10.0. The Kier molecular flexibility index (Phi) is 6.89. The SMILES string of the molecule is Cc1nc(=O)n(CCNC(C)CCC(C)C)c(C)c1Br. The molecule has 5 heteroatoms. The molecule has 1 aromatic rings. The lowest BCUT2D eigenvalue weighted by Gasteiger charge is -2.17. The Hall–Kier alpha value is -0.680. The molecule has 1 unspecified atom stereocenters. The van der Waals surface area contributed by atoms with Crippen molar-refractivity contribution in [3.8, 4) is 0 Å². The monoisotopic (exact) mass is 343 g/mol. The minimum absolute atomic E-state index is 0.167. The van der Waals surface area contributed by atoms with Crippen LogP contribution in [0, 0.1) is 19.8 Å². The van der Waals surface area contributed by atoms with E-state index in [-0.39, 0.29) is 5.69 Å². The summed E-state index contributed by atoms with van der Waals surface area (Å²) in [5, 5.41) is 3.47. The molecule has 0 saturated heterocycles. The minimum Gasteiger partial charge on any atom is -0.312 e. The fraction of sp³-hybridized carbons (Fsp3) is 0.733. The second kappa shape index (κ2) is 7.93. The van der Waals surface area contributed by atoms with E-state index in [1.54, 1.807) is 4.57 Å². The van der Waals surface area contributed by atoms with Crippen LogP contribution in [-0.4, -0.2) is 22.1 Å². The zero-order valence-electron chi connectivity index (χ0n) is 13.2. The fourth-order valence-corrected chi connectivity index (χ4v) is 2.45. The predicted molar refractivity (Wildman–Crippen MR) is 87.2 cm³/mol. The predicted octanol–water partition coefficient (Wildman–Crippen LogP) is 3.04. The van der Waals surface area contributed by atoms with Gasteiger partial charge in [-0.15, -0.1) is 0 Å². The normalized spacial score (nSPS) is 12.9. The summed E-state index contributed by atoms with van der Waals surface area (Å²) in [5.41, 5.74) is 1.53. The molecular formula is C15H26BrN3O. The van der Waals surface area contributed by atoms with Gasteiger partial charge in [0.2, 0.25) is 0 Å². The highest BCUT2D eigenvalue weighted by molar-refractivity contribution is 9.10. The number of halogens is 1. The van der Waals surface area contributed by atoms with E-state index in [4.69, 9.17) is 0 Å². The molecule has 0 aliphatic carbocycles. The fourth-order valence-electron chi connectivity index (χ4n) is 2.15. The molecule has 1 rings (SSSR count). The van der Waals surface area contributed by atoms with Crippen LogP contribution < -0.4 is 11.0 Å². The van der Waals surface area contributed by atoms with Crippen molar-refractivity contribution in [3.63, 3.8) is 0 Å². The van der Waals surface area contributed by atoms with Gasteiger partial charge in [0.25, 0.3) is 0 Å². The summed E-state index contributed by atoms with van der Waals surface area (Å²) in [6, 6.07) is 0.482. The van der Waals surface area contributed by atoms with Gasteiger partial charge in [0.1, 0.15) is 0 Å². The zero-order valence-corrected chi connectivity index (χ0v) is 14.7. The maximum atomic E-state index is 11.9. The van der Waals surface area contributed by atoms with Crippen molar-refractivity contribution < 1.29 is 0 Å². The first-order valence-electron chi connectivity index (χ1n) is 7.29. The molecule has 0 aromatic carbocycles. The van der Waals surface area contributed by atoms with Gasteiger partial charge in [-0.3, -0.25) is 4.57 Å². The highest BCUT2D eigenvalue weighted by atomic mass is 79.9. The molecule has 114 valence electrons. The number of rotatable bonds is 7. The van der Waals surface area contributed by atoms with E-state index in [9.17, 15) is 4.79 Å². The van der Waals surface area contributed by atoms with Crippen molar-refractivity contribution in [2.24, 2.45) is 5.92 Å². The Bertz CT molecular complexity index is 497. The maximum absolute atomic E-state index is 11.9. The van der Waals surface area contributed by atoms with Crippen molar-refractivity contribution in [2.75, 3.05) is 6.54 Å². The molecular weight excluding hydrogens is 318 g/mol. The quantitative estimate of drug-likeness (QED) is 0.827. The molecule has 4 nitrogen and oxygen atoms in total. The van der Waals surface area contributed by atoms with Crippen LogP contribution >= 0.6 is 15.9 Å². The third kappa shape index (κ3) is 5.02. The van der Waals surface area contributed by atoms with Crippen LogP contribution in [0.2, 0.25) is 0 Å². The number of nitrogens with zero attached hydrogens (tertiary/aromatic N) is 2. The summed E-state index contributed by atoms with van der Waals surface area (Å²) in [5.74, 6) is 0.737. The summed E-state index contributed by atoms with van der Waals surface area (Å²) >= 11 is 3.48.